The molecule has 1 aliphatic heterocycles. The molecule has 0 aliphatic carbocycles. The lowest BCUT2D eigenvalue weighted by Crippen LogP contribution is -2.41. The minimum atomic E-state index is -2.58. The van der Waals surface area contributed by atoms with E-state index in [0.717, 1.165) is 5.46 Å². The quantitative estimate of drug-likeness (QED) is 0.817. The van der Waals surface area contributed by atoms with E-state index in [2.05, 4.69) is 0 Å². The summed E-state index contributed by atoms with van der Waals surface area (Å²) in [4.78, 5) is 0. The molecular weight excluding hydrogens is 349 g/mol. The van der Waals surface area contributed by atoms with Gasteiger partial charge in [0, 0.05) is 5.56 Å². The third-order valence-corrected chi connectivity index (χ3v) is 5.70. The average molecular weight is 374 g/mol. The number of benzene rings is 2. The Kier molecular flexibility index (Phi) is 4.95. The summed E-state index contributed by atoms with van der Waals surface area (Å²) in [6.45, 7) is 9.55. The van der Waals surface area contributed by atoms with Gasteiger partial charge in [-0.3, -0.25) is 0 Å². The van der Waals surface area contributed by atoms with Crippen molar-refractivity contribution in [2.24, 2.45) is 0 Å². The van der Waals surface area contributed by atoms with Crippen molar-refractivity contribution in [3.05, 3.63) is 65.2 Å². The molecule has 1 aliphatic rings. The Morgan fingerprint density at radius 2 is 1.48 bits per heavy atom. The lowest BCUT2D eigenvalue weighted by Gasteiger charge is -2.32. The summed E-state index contributed by atoms with van der Waals surface area (Å²) in [5.41, 5.74) is -0.497. The molecule has 3 nitrogen and oxygen atoms in total. The second kappa shape index (κ2) is 6.69. The van der Waals surface area contributed by atoms with Crippen LogP contribution in [-0.2, 0) is 14.9 Å². The number of hydrogen-bond acceptors (Lipinski definition) is 3. The zero-order chi connectivity index (χ0) is 20.0. The number of hydrogen-bond donors (Lipinski definition) is 1. The van der Waals surface area contributed by atoms with Gasteiger partial charge in [0.25, 0.3) is 6.43 Å². The van der Waals surface area contributed by atoms with Crippen molar-refractivity contribution >= 4 is 12.6 Å². The van der Waals surface area contributed by atoms with Crippen LogP contribution in [0.5, 0.6) is 0 Å². The minimum absolute atomic E-state index is 0.110. The van der Waals surface area contributed by atoms with Crippen LogP contribution in [0.3, 0.4) is 0 Å². The summed E-state index contributed by atoms with van der Waals surface area (Å²) >= 11 is 0. The average Bonchev–Trinajstić information content (AvgIpc) is 2.83. The highest BCUT2D eigenvalue weighted by atomic mass is 19.3. The zero-order valence-electron chi connectivity index (χ0n) is 16.3. The molecule has 2 aromatic rings. The standard InChI is InChI=1S/C21H25BF2O3/c1-19(2)20(3,4)27-22(26-19)17-11-9-15(10-12-17)21(5,25)16-8-6-7-14(13-16)18(23)24/h6-13,18,25H,1-5H3/t21-/m0/s1. The van der Waals surface area contributed by atoms with Gasteiger partial charge in [-0.2, -0.15) is 0 Å². The Labute approximate surface area is 159 Å². The van der Waals surface area contributed by atoms with Crippen LogP contribution in [0.1, 0.15) is 57.7 Å². The van der Waals surface area contributed by atoms with Gasteiger partial charge in [0.2, 0.25) is 0 Å². The van der Waals surface area contributed by atoms with E-state index in [4.69, 9.17) is 9.31 Å². The maximum atomic E-state index is 13.0. The van der Waals surface area contributed by atoms with E-state index >= 15 is 0 Å². The van der Waals surface area contributed by atoms with E-state index in [1.54, 1.807) is 25.1 Å². The first-order valence-electron chi connectivity index (χ1n) is 9.01. The molecule has 1 fully saturated rings. The molecule has 0 spiro atoms. The van der Waals surface area contributed by atoms with Crippen LogP contribution in [0.15, 0.2) is 48.5 Å². The SMILES string of the molecule is CC1(C)OB(c2ccc([C@](C)(O)c3cccc(C(F)F)c3)cc2)OC1(C)C. The highest BCUT2D eigenvalue weighted by Crippen LogP contribution is 2.37. The fourth-order valence-corrected chi connectivity index (χ4v) is 3.09. The summed E-state index contributed by atoms with van der Waals surface area (Å²) in [7, 11) is -0.490. The second-order valence-electron chi connectivity index (χ2n) is 8.21. The summed E-state index contributed by atoms with van der Waals surface area (Å²) in [5, 5.41) is 11.0. The van der Waals surface area contributed by atoms with E-state index in [1.165, 1.54) is 18.2 Å². The van der Waals surface area contributed by atoms with Gasteiger partial charge >= 0.3 is 7.12 Å². The molecule has 1 atom stereocenters. The molecule has 3 rings (SSSR count). The normalized spacial score (nSPS) is 20.7. The van der Waals surface area contributed by atoms with E-state index in [1.807, 2.05) is 39.8 Å². The fraction of sp³-hybridized carbons (Fsp3) is 0.429. The third-order valence-electron chi connectivity index (χ3n) is 5.70. The Morgan fingerprint density at radius 3 is 2.00 bits per heavy atom. The smallest absolute Gasteiger partial charge is 0.399 e. The molecule has 144 valence electrons. The predicted molar refractivity (Wildman–Crippen MR) is 102 cm³/mol. The van der Waals surface area contributed by atoms with Gasteiger partial charge in [-0.15, -0.1) is 0 Å². The van der Waals surface area contributed by atoms with Gasteiger partial charge in [-0.25, -0.2) is 8.78 Å². The summed E-state index contributed by atoms with van der Waals surface area (Å²) < 4.78 is 38.0. The van der Waals surface area contributed by atoms with Crippen LogP contribution >= 0.6 is 0 Å². The molecule has 0 amide bonds. The van der Waals surface area contributed by atoms with Crippen molar-refractivity contribution in [1.29, 1.82) is 0 Å². The van der Waals surface area contributed by atoms with E-state index in [0.29, 0.717) is 11.1 Å². The van der Waals surface area contributed by atoms with Gasteiger partial charge < -0.3 is 14.4 Å². The Morgan fingerprint density at radius 1 is 0.926 bits per heavy atom. The van der Waals surface area contributed by atoms with Gasteiger partial charge in [-0.1, -0.05) is 42.5 Å². The van der Waals surface area contributed by atoms with Crippen LogP contribution in [-0.4, -0.2) is 23.4 Å². The molecule has 1 N–H and O–H groups in total. The predicted octanol–water partition coefficient (Wildman–Crippen LogP) is 4.18. The van der Waals surface area contributed by atoms with Gasteiger partial charge in [0.05, 0.1) is 11.2 Å². The zero-order valence-corrected chi connectivity index (χ0v) is 16.3. The molecule has 0 radical (unpaired) electrons. The molecule has 0 saturated carbocycles. The van der Waals surface area contributed by atoms with Gasteiger partial charge in [0.1, 0.15) is 5.60 Å². The van der Waals surface area contributed by atoms with Crippen molar-refractivity contribution in [1.82, 2.24) is 0 Å². The maximum Gasteiger partial charge on any atom is 0.494 e. The Bertz CT molecular complexity index is 800. The maximum absolute atomic E-state index is 13.0. The Balaban J connectivity index is 1.86. The van der Waals surface area contributed by atoms with Crippen molar-refractivity contribution < 1.29 is 23.2 Å². The van der Waals surface area contributed by atoms with Gasteiger partial charge in [0.15, 0.2) is 0 Å². The lowest BCUT2D eigenvalue weighted by molar-refractivity contribution is 0.00578. The van der Waals surface area contributed by atoms with E-state index < -0.39 is 30.3 Å². The Hall–Kier alpha value is -1.76. The van der Waals surface area contributed by atoms with Crippen LogP contribution in [0.25, 0.3) is 0 Å². The molecule has 1 saturated heterocycles. The van der Waals surface area contributed by atoms with E-state index in [-0.39, 0.29) is 5.56 Å². The first-order valence-corrected chi connectivity index (χ1v) is 9.01. The van der Waals surface area contributed by atoms with Crippen molar-refractivity contribution in [3.8, 4) is 0 Å². The first kappa shape index (κ1) is 20.0. The number of aliphatic hydroxyl groups is 1. The fourth-order valence-electron chi connectivity index (χ4n) is 3.09. The van der Waals surface area contributed by atoms with Crippen LogP contribution in [0.4, 0.5) is 8.78 Å². The van der Waals surface area contributed by atoms with Crippen molar-refractivity contribution in [3.63, 3.8) is 0 Å². The summed E-state index contributed by atoms with van der Waals surface area (Å²) in [5.74, 6) is 0. The van der Waals surface area contributed by atoms with Gasteiger partial charge in [-0.05, 0) is 57.3 Å². The molecule has 0 unspecified atom stereocenters. The van der Waals surface area contributed by atoms with Crippen LogP contribution in [0.2, 0.25) is 0 Å². The monoisotopic (exact) mass is 374 g/mol. The molecule has 0 bridgehead atoms. The number of alkyl halides is 2. The minimum Gasteiger partial charge on any atom is -0.399 e. The van der Waals surface area contributed by atoms with Crippen LogP contribution in [0, 0.1) is 0 Å². The summed E-state index contributed by atoms with van der Waals surface area (Å²) in [6, 6.07) is 13.1. The second-order valence-corrected chi connectivity index (χ2v) is 8.21. The molecule has 2 aromatic carbocycles. The molecular formula is C21H25BF2O3. The lowest BCUT2D eigenvalue weighted by atomic mass is 9.77. The highest BCUT2D eigenvalue weighted by Gasteiger charge is 2.51. The summed E-state index contributed by atoms with van der Waals surface area (Å²) in [6.07, 6.45) is -2.58. The van der Waals surface area contributed by atoms with E-state index in [9.17, 15) is 13.9 Å². The number of rotatable bonds is 4. The van der Waals surface area contributed by atoms with Crippen molar-refractivity contribution in [2.75, 3.05) is 0 Å². The topological polar surface area (TPSA) is 38.7 Å². The molecule has 0 aromatic heterocycles. The molecule has 27 heavy (non-hydrogen) atoms. The highest BCUT2D eigenvalue weighted by molar-refractivity contribution is 6.62. The third kappa shape index (κ3) is 3.66. The molecule has 1 heterocycles. The van der Waals surface area contributed by atoms with Crippen LogP contribution < -0.4 is 5.46 Å². The largest absolute Gasteiger partial charge is 0.494 e. The first-order chi connectivity index (χ1) is 12.4. The number of halogens is 2. The molecule has 6 heteroatoms. The van der Waals surface area contributed by atoms with Crippen molar-refractivity contribution in [2.45, 2.75) is 57.8 Å².